The molecule has 4 nitrogen and oxygen atoms in total. The minimum Gasteiger partial charge on any atom is -0.465 e. The highest BCUT2D eigenvalue weighted by atomic mass is 35.5. The van der Waals surface area contributed by atoms with Crippen molar-refractivity contribution in [3.8, 4) is 0 Å². The number of carbonyl (C=O) groups is 1. The SMILES string of the molecule is C=CCC(CNC)(c1ccc(Cl)c(Cl)c1)N(C)C(=O)O. The molecule has 110 valence electrons. The van der Waals surface area contributed by atoms with E-state index in [2.05, 4.69) is 11.9 Å². The number of carboxylic acid groups (broad SMARTS) is 1. The topological polar surface area (TPSA) is 52.6 Å². The lowest BCUT2D eigenvalue weighted by atomic mass is 9.85. The van der Waals surface area contributed by atoms with Crippen LogP contribution >= 0.6 is 23.2 Å². The summed E-state index contributed by atoms with van der Waals surface area (Å²) in [5.41, 5.74) is -0.0117. The van der Waals surface area contributed by atoms with Crippen LogP contribution in [-0.4, -0.2) is 36.7 Å². The molecule has 0 radical (unpaired) electrons. The normalized spacial score (nSPS) is 13.6. The molecule has 0 aliphatic heterocycles. The lowest BCUT2D eigenvalue weighted by molar-refractivity contribution is 0.0925. The van der Waals surface area contributed by atoms with Gasteiger partial charge in [-0.3, -0.25) is 0 Å². The van der Waals surface area contributed by atoms with Gasteiger partial charge in [0.25, 0.3) is 0 Å². The molecule has 1 aromatic carbocycles. The Balaban J connectivity index is 3.43. The van der Waals surface area contributed by atoms with Gasteiger partial charge in [-0.1, -0.05) is 35.3 Å². The standard InChI is InChI=1S/C14H18Cl2N2O2/c1-4-7-14(9-17-2,18(3)13(19)20)10-5-6-11(15)12(16)8-10/h4-6,8,17H,1,7,9H2,2-3H3,(H,19,20). The van der Waals surface area contributed by atoms with Crippen LogP contribution in [0.1, 0.15) is 12.0 Å². The van der Waals surface area contributed by atoms with E-state index in [1.165, 1.54) is 11.9 Å². The van der Waals surface area contributed by atoms with Crippen molar-refractivity contribution in [1.82, 2.24) is 10.2 Å². The minimum atomic E-state index is -1.02. The maximum atomic E-state index is 11.4. The van der Waals surface area contributed by atoms with Gasteiger partial charge in [-0.25, -0.2) is 4.79 Å². The Morgan fingerprint density at radius 3 is 2.60 bits per heavy atom. The average Bonchev–Trinajstić information content (AvgIpc) is 2.40. The Kier molecular flexibility index (Phi) is 5.87. The van der Waals surface area contributed by atoms with E-state index in [1.807, 2.05) is 0 Å². The van der Waals surface area contributed by atoms with Gasteiger partial charge in [0.15, 0.2) is 0 Å². The fourth-order valence-corrected chi connectivity index (χ4v) is 2.54. The second kappa shape index (κ2) is 6.97. The van der Waals surface area contributed by atoms with Crippen LogP contribution in [-0.2, 0) is 5.54 Å². The zero-order valence-corrected chi connectivity index (χ0v) is 13.0. The molecule has 0 heterocycles. The molecule has 20 heavy (non-hydrogen) atoms. The van der Waals surface area contributed by atoms with Crippen LogP contribution in [0.5, 0.6) is 0 Å². The van der Waals surface area contributed by atoms with Crippen LogP contribution in [0.4, 0.5) is 4.79 Å². The van der Waals surface area contributed by atoms with E-state index in [-0.39, 0.29) is 0 Å². The molecule has 1 amide bonds. The van der Waals surface area contributed by atoms with E-state index < -0.39 is 11.6 Å². The van der Waals surface area contributed by atoms with Crippen LogP contribution in [0, 0.1) is 0 Å². The van der Waals surface area contributed by atoms with Gasteiger partial charge in [-0.2, -0.15) is 0 Å². The maximum absolute atomic E-state index is 11.4. The van der Waals surface area contributed by atoms with Gasteiger partial charge >= 0.3 is 6.09 Å². The molecule has 0 aromatic heterocycles. The van der Waals surface area contributed by atoms with Gasteiger partial charge < -0.3 is 15.3 Å². The molecule has 0 saturated heterocycles. The van der Waals surface area contributed by atoms with Crippen LogP contribution < -0.4 is 5.32 Å². The zero-order valence-electron chi connectivity index (χ0n) is 11.5. The minimum absolute atomic E-state index is 0.396. The van der Waals surface area contributed by atoms with Gasteiger partial charge in [-0.15, -0.1) is 6.58 Å². The number of hydrogen-bond donors (Lipinski definition) is 2. The van der Waals surface area contributed by atoms with Gasteiger partial charge in [0.05, 0.1) is 15.6 Å². The summed E-state index contributed by atoms with van der Waals surface area (Å²) in [7, 11) is 3.30. The molecular weight excluding hydrogens is 299 g/mol. The number of benzene rings is 1. The predicted molar refractivity (Wildman–Crippen MR) is 82.7 cm³/mol. The van der Waals surface area contributed by atoms with Gasteiger partial charge in [0.2, 0.25) is 0 Å². The molecule has 0 saturated carbocycles. The van der Waals surface area contributed by atoms with E-state index in [1.54, 1.807) is 31.3 Å². The smallest absolute Gasteiger partial charge is 0.407 e. The van der Waals surface area contributed by atoms with Crippen molar-refractivity contribution in [3.63, 3.8) is 0 Å². The first-order valence-corrected chi connectivity index (χ1v) is 6.82. The summed E-state index contributed by atoms with van der Waals surface area (Å²) in [6.07, 6.45) is 1.13. The molecule has 0 aliphatic carbocycles. The zero-order chi connectivity index (χ0) is 15.3. The fraction of sp³-hybridized carbons (Fsp3) is 0.357. The predicted octanol–water partition coefficient (Wildman–Crippen LogP) is 3.59. The highest BCUT2D eigenvalue weighted by Crippen LogP contribution is 2.35. The van der Waals surface area contributed by atoms with Gasteiger partial charge in [0, 0.05) is 13.6 Å². The Bertz CT molecular complexity index is 508. The number of nitrogens with one attached hydrogen (secondary N) is 1. The summed E-state index contributed by atoms with van der Waals surface area (Å²) in [5, 5.41) is 13.2. The van der Waals surface area contributed by atoms with Crippen molar-refractivity contribution < 1.29 is 9.90 Å². The molecule has 0 fully saturated rings. The van der Waals surface area contributed by atoms with Crippen LogP contribution in [0.25, 0.3) is 0 Å². The Hall–Kier alpha value is -1.23. The molecule has 1 atom stereocenters. The first-order chi connectivity index (χ1) is 9.39. The summed E-state index contributed by atoms with van der Waals surface area (Å²) in [5.74, 6) is 0. The lowest BCUT2D eigenvalue weighted by Gasteiger charge is -2.40. The molecular formula is C14H18Cl2N2O2. The number of likely N-dealkylation sites (N-methyl/N-ethyl adjacent to an activating group) is 2. The summed E-state index contributed by atoms with van der Waals surface area (Å²) in [4.78, 5) is 12.7. The largest absolute Gasteiger partial charge is 0.465 e. The van der Waals surface area contributed by atoms with Crippen LogP contribution in [0.15, 0.2) is 30.9 Å². The van der Waals surface area contributed by atoms with E-state index in [4.69, 9.17) is 23.2 Å². The molecule has 0 spiro atoms. The molecule has 2 N–H and O–H groups in total. The van der Waals surface area contributed by atoms with E-state index in [0.29, 0.717) is 23.0 Å². The highest BCUT2D eigenvalue weighted by molar-refractivity contribution is 6.42. The second-order valence-corrected chi connectivity index (χ2v) is 5.34. The number of halogens is 2. The van der Waals surface area contributed by atoms with Crippen molar-refractivity contribution in [2.75, 3.05) is 20.6 Å². The third-order valence-electron chi connectivity index (χ3n) is 3.34. The third kappa shape index (κ3) is 3.26. The second-order valence-electron chi connectivity index (χ2n) is 4.53. The molecule has 6 heteroatoms. The first kappa shape index (κ1) is 16.8. The van der Waals surface area contributed by atoms with Crippen LogP contribution in [0.3, 0.4) is 0 Å². The van der Waals surface area contributed by atoms with Crippen LogP contribution in [0.2, 0.25) is 10.0 Å². The van der Waals surface area contributed by atoms with Gasteiger partial charge in [-0.05, 0) is 31.2 Å². The molecule has 1 unspecified atom stereocenters. The first-order valence-electron chi connectivity index (χ1n) is 6.07. The molecule has 1 rings (SSSR count). The lowest BCUT2D eigenvalue weighted by Crippen LogP contribution is -2.52. The monoisotopic (exact) mass is 316 g/mol. The van der Waals surface area contributed by atoms with Crippen molar-refractivity contribution in [2.45, 2.75) is 12.0 Å². The molecule has 1 aromatic rings. The summed E-state index contributed by atoms with van der Waals surface area (Å²) >= 11 is 12.0. The number of rotatable bonds is 6. The number of hydrogen-bond acceptors (Lipinski definition) is 2. The maximum Gasteiger partial charge on any atom is 0.407 e. The third-order valence-corrected chi connectivity index (χ3v) is 4.08. The average molecular weight is 317 g/mol. The Morgan fingerprint density at radius 2 is 2.15 bits per heavy atom. The van der Waals surface area contributed by atoms with E-state index in [9.17, 15) is 9.90 Å². The Labute approximate surface area is 129 Å². The molecule has 0 aliphatic rings. The van der Waals surface area contributed by atoms with Crippen molar-refractivity contribution in [2.24, 2.45) is 0 Å². The number of nitrogens with zero attached hydrogens (tertiary/aromatic N) is 1. The van der Waals surface area contributed by atoms with Crippen molar-refractivity contribution >= 4 is 29.3 Å². The molecule has 0 bridgehead atoms. The number of amides is 1. The van der Waals surface area contributed by atoms with E-state index in [0.717, 1.165) is 5.56 Å². The summed E-state index contributed by atoms with van der Waals surface area (Å²) in [6, 6.07) is 5.15. The summed E-state index contributed by atoms with van der Waals surface area (Å²) < 4.78 is 0. The fourth-order valence-electron chi connectivity index (χ4n) is 2.24. The summed E-state index contributed by atoms with van der Waals surface area (Å²) in [6.45, 7) is 4.16. The van der Waals surface area contributed by atoms with Crippen molar-refractivity contribution in [3.05, 3.63) is 46.5 Å². The Morgan fingerprint density at radius 1 is 1.50 bits per heavy atom. The van der Waals surface area contributed by atoms with Gasteiger partial charge in [0.1, 0.15) is 0 Å². The highest BCUT2D eigenvalue weighted by Gasteiger charge is 2.38. The van der Waals surface area contributed by atoms with Crippen molar-refractivity contribution in [1.29, 1.82) is 0 Å². The van der Waals surface area contributed by atoms with E-state index >= 15 is 0 Å². The quantitative estimate of drug-likeness (QED) is 0.788.